The molecule has 0 saturated carbocycles. The lowest BCUT2D eigenvalue weighted by atomic mass is 10.0. The Balaban J connectivity index is 3.07. The van der Waals surface area contributed by atoms with Crippen molar-refractivity contribution in [3.8, 4) is 0 Å². The Kier molecular flexibility index (Phi) is 21.4. The fourth-order valence-corrected chi connectivity index (χ4v) is 6.06. The summed E-state index contributed by atoms with van der Waals surface area (Å²) in [6.07, 6.45) is 20.4. The van der Waals surface area contributed by atoms with E-state index in [0.29, 0.717) is 15.5 Å². The monoisotopic (exact) mass is 524 g/mol. The van der Waals surface area contributed by atoms with Crippen molar-refractivity contribution in [1.82, 2.24) is 0 Å². The highest BCUT2D eigenvalue weighted by Crippen LogP contribution is 2.15. The molecule has 0 atom stereocenters. The average Bonchev–Trinajstić information content (AvgIpc) is 2.63. The topological polar surface area (TPSA) is 26.3 Å². The van der Waals surface area contributed by atoms with Crippen molar-refractivity contribution >= 4 is 47.3 Å². The van der Waals surface area contributed by atoms with Gasteiger partial charge < -0.3 is 4.74 Å². The SMILES string of the molecule is C=C(C)C(=O)OCCCCCCCCCCCCCCCCC[SiH2]C(Br)Br. The molecular weight excluding hydrogens is 484 g/mol. The van der Waals surface area contributed by atoms with Crippen LogP contribution in [-0.2, 0) is 9.53 Å². The van der Waals surface area contributed by atoms with Crippen molar-refractivity contribution in [1.29, 1.82) is 0 Å². The van der Waals surface area contributed by atoms with Gasteiger partial charge in [-0.2, -0.15) is 0 Å². The van der Waals surface area contributed by atoms with Crippen LogP contribution in [-0.4, -0.2) is 25.5 Å². The van der Waals surface area contributed by atoms with Crippen molar-refractivity contribution in [3.05, 3.63) is 12.2 Å². The summed E-state index contributed by atoms with van der Waals surface area (Å²) in [4.78, 5) is 11.2. The van der Waals surface area contributed by atoms with Gasteiger partial charge in [0.1, 0.15) is 0 Å². The molecule has 27 heavy (non-hydrogen) atoms. The van der Waals surface area contributed by atoms with E-state index < -0.39 is 0 Å². The molecule has 0 aromatic rings. The largest absolute Gasteiger partial charge is 0.462 e. The summed E-state index contributed by atoms with van der Waals surface area (Å²) in [5.74, 6) is -0.255. The van der Waals surface area contributed by atoms with Crippen LogP contribution in [0.25, 0.3) is 0 Å². The van der Waals surface area contributed by atoms with Crippen LogP contribution >= 0.6 is 31.9 Å². The lowest BCUT2D eigenvalue weighted by Crippen LogP contribution is -2.05. The number of alkyl halides is 2. The van der Waals surface area contributed by atoms with Gasteiger partial charge in [-0.15, -0.1) is 0 Å². The van der Waals surface area contributed by atoms with Crippen LogP contribution in [0.4, 0.5) is 0 Å². The van der Waals surface area contributed by atoms with Crippen LogP contribution in [0.1, 0.15) is 103 Å². The molecule has 0 rings (SSSR count). The molecular formula is C22H42Br2O2Si. The second-order valence-electron chi connectivity index (χ2n) is 7.75. The Bertz CT molecular complexity index is 362. The Labute approximate surface area is 187 Å². The fourth-order valence-electron chi connectivity index (χ4n) is 3.16. The number of rotatable bonds is 20. The molecule has 160 valence electrons. The third-order valence-electron chi connectivity index (χ3n) is 4.90. The number of carbonyl (C=O) groups excluding carboxylic acids is 1. The molecule has 0 aromatic heterocycles. The number of hydrogen-bond donors (Lipinski definition) is 0. The minimum atomic E-state index is -0.255. The van der Waals surface area contributed by atoms with E-state index in [-0.39, 0.29) is 15.5 Å². The molecule has 0 radical (unpaired) electrons. The Morgan fingerprint density at radius 1 is 0.778 bits per heavy atom. The van der Waals surface area contributed by atoms with Gasteiger partial charge in [-0.25, -0.2) is 4.79 Å². The predicted octanol–water partition coefficient (Wildman–Crippen LogP) is 7.62. The smallest absolute Gasteiger partial charge is 0.333 e. The highest BCUT2D eigenvalue weighted by Gasteiger charge is 2.02. The van der Waals surface area contributed by atoms with Gasteiger partial charge in [-0.05, 0) is 13.3 Å². The summed E-state index contributed by atoms with van der Waals surface area (Å²) in [5, 5.41) is 0. The lowest BCUT2D eigenvalue weighted by Gasteiger charge is -2.05. The van der Waals surface area contributed by atoms with Crippen molar-refractivity contribution in [2.45, 2.75) is 113 Å². The van der Waals surface area contributed by atoms with E-state index in [1.165, 1.54) is 95.9 Å². The summed E-state index contributed by atoms with van der Waals surface area (Å²) in [6, 6.07) is 1.48. The summed E-state index contributed by atoms with van der Waals surface area (Å²) in [6.45, 7) is 5.82. The first kappa shape index (κ1) is 27.4. The first-order valence-corrected chi connectivity index (χ1v) is 14.8. The second-order valence-corrected chi connectivity index (χ2v) is 15.7. The van der Waals surface area contributed by atoms with Gasteiger partial charge in [0.2, 0.25) is 0 Å². The molecule has 0 fully saturated rings. The Morgan fingerprint density at radius 3 is 1.52 bits per heavy atom. The number of carbonyl (C=O) groups is 1. The van der Waals surface area contributed by atoms with Crippen LogP contribution in [0, 0.1) is 0 Å². The molecule has 2 nitrogen and oxygen atoms in total. The quantitative estimate of drug-likeness (QED) is 0.0537. The molecule has 0 aliphatic rings. The average molecular weight is 526 g/mol. The zero-order valence-corrected chi connectivity index (χ0v) is 22.2. The van der Waals surface area contributed by atoms with Crippen LogP contribution < -0.4 is 0 Å². The van der Waals surface area contributed by atoms with E-state index in [1.54, 1.807) is 6.92 Å². The molecule has 0 unspecified atom stereocenters. The molecule has 0 spiro atoms. The fraction of sp³-hybridized carbons (Fsp3) is 0.864. The minimum absolute atomic E-state index is 0.0870. The van der Waals surface area contributed by atoms with Gasteiger partial charge in [0, 0.05) is 15.1 Å². The van der Waals surface area contributed by atoms with E-state index in [4.69, 9.17) is 4.74 Å². The van der Waals surface area contributed by atoms with Crippen molar-refractivity contribution in [2.75, 3.05) is 6.61 Å². The highest BCUT2D eigenvalue weighted by molar-refractivity contribution is 9.25. The molecule has 0 amide bonds. The molecule has 0 bridgehead atoms. The van der Waals surface area contributed by atoms with Gasteiger partial charge in [0.05, 0.1) is 9.97 Å². The summed E-state index contributed by atoms with van der Waals surface area (Å²) >= 11 is 7.19. The first-order valence-electron chi connectivity index (χ1n) is 11.1. The third-order valence-corrected chi connectivity index (χ3v) is 8.99. The lowest BCUT2D eigenvalue weighted by molar-refractivity contribution is -0.139. The minimum Gasteiger partial charge on any atom is -0.462 e. The summed E-state index contributed by atoms with van der Waals surface area (Å²) in [7, 11) is 0.0870. The predicted molar refractivity (Wildman–Crippen MR) is 130 cm³/mol. The maximum atomic E-state index is 11.2. The molecule has 5 heteroatoms. The third kappa shape index (κ3) is 22.5. The van der Waals surface area contributed by atoms with Crippen molar-refractivity contribution in [2.24, 2.45) is 0 Å². The van der Waals surface area contributed by atoms with Gasteiger partial charge in [-0.1, -0.05) is 134 Å². The number of unbranched alkanes of at least 4 members (excludes halogenated alkanes) is 14. The molecule has 0 aromatic carbocycles. The number of hydrogen-bond acceptors (Lipinski definition) is 2. The standard InChI is InChI=1S/C22H42Br2O2Si/c1-20(2)21(25)26-18-16-14-12-10-8-6-4-3-5-7-9-11-13-15-17-19-27-22(23)24/h22H,1,3-19,27H2,2H3. The van der Waals surface area contributed by atoms with Gasteiger partial charge in [-0.3, -0.25) is 0 Å². The van der Waals surface area contributed by atoms with E-state index in [2.05, 4.69) is 38.4 Å². The molecule has 0 saturated heterocycles. The molecule has 0 aliphatic heterocycles. The molecule has 0 aliphatic carbocycles. The van der Waals surface area contributed by atoms with Crippen molar-refractivity contribution in [3.63, 3.8) is 0 Å². The summed E-state index contributed by atoms with van der Waals surface area (Å²) in [5.41, 5.74) is 0.491. The molecule has 0 N–H and O–H groups in total. The maximum Gasteiger partial charge on any atom is 0.333 e. The van der Waals surface area contributed by atoms with E-state index in [1.807, 2.05) is 0 Å². The Hall–Kier alpha value is 0.387. The number of halogens is 2. The van der Waals surface area contributed by atoms with Crippen molar-refractivity contribution < 1.29 is 9.53 Å². The normalized spacial score (nSPS) is 11.6. The summed E-state index contributed by atoms with van der Waals surface area (Å²) < 4.78 is 5.74. The maximum absolute atomic E-state index is 11.2. The van der Waals surface area contributed by atoms with E-state index in [0.717, 1.165) is 6.42 Å². The van der Waals surface area contributed by atoms with E-state index >= 15 is 0 Å². The second kappa shape index (κ2) is 21.1. The van der Waals surface area contributed by atoms with Gasteiger partial charge in [0.15, 0.2) is 0 Å². The number of ether oxygens (including phenoxy) is 1. The van der Waals surface area contributed by atoms with Crippen LogP contribution in [0.15, 0.2) is 12.2 Å². The zero-order chi connectivity index (χ0) is 20.2. The van der Waals surface area contributed by atoms with Gasteiger partial charge in [0.25, 0.3) is 0 Å². The zero-order valence-electron chi connectivity index (χ0n) is 17.6. The van der Waals surface area contributed by atoms with Crippen LogP contribution in [0.5, 0.6) is 0 Å². The van der Waals surface area contributed by atoms with Crippen LogP contribution in [0.2, 0.25) is 6.04 Å². The highest BCUT2D eigenvalue weighted by atomic mass is 79.9. The first-order chi connectivity index (χ1) is 13.0. The van der Waals surface area contributed by atoms with Gasteiger partial charge >= 0.3 is 5.97 Å². The number of esters is 1. The Morgan fingerprint density at radius 2 is 1.15 bits per heavy atom. The van der Waals surface area contributed by atoms with Crippen LogP contribution in [0.3, 0.4) is 0 Å². The van der Waals surface area contributed by atoms with E-state index in [9.17, 15) is 4.79 Å². The molecule has 0 heterocycles.